The number of rotatable bonds is 4. The number of nitrogens with zero attached hydrogens (tertiary/aromatic N) is 3. The van der Waals surface area contributed by atoms with Gasteiger partial charge in [0.2, 0.25) is 0 Å². The molecule has 0 spiro atoms. The lowest BCUT2D eigenvalue weighted by atomic mass is 10.1. The van der Waals surface area contributed by atoms with E-state index in [4.69, 9.17) is 23.2 Å². The number of anilines is 2. The standard InChI is InChI=1S/C24H27Cl2N3OS/c1-17(2)27-9-11-28(12-10-27)22-6-4-3-5-18(22)15-23-24(30)29(13-14-31-23)19-7-8-20(25)21(26)16-19/h3-8,15-17H,9-14H2,1-2H3. The largest absolute Gasteiger partial charge is 0.368 e. The van der Waals surface area contributed by atoms with Crippen molar-refractivity contribution in [3.05, 3.63) is 63.0 Å². The van der Waals surface area contributed by atoms with Gasteiger partial charge in [0, 0.05) is 55.9 Å². The number of piperazine rings is 1. The molecule has 2 aromatic carbocycles. The molecule has 7 heteroatoms. The summed E-state index contributed by atoms with van der Waals surface area (Å²) in [5, 5.41) is 0.952. The first kappa shape index (κ1) is 22.5. The van der Waals surface area contributed by atoms with Crippen LogP contribution in [0.25, 0.3) is 6.08 Å². The molecule has 1 amide bonds. The van der Waals surface area contributed by atoms with E-state index < -0.39 is 0 Å². The van der Waals surface area contributed by atoms with Crippen LogP contribution in [-0.2, 0) is 4.79 Å². The molecule has 0 unspecified atom stereocenters. The van der Waals surface area contributed by atoms with Crippen molar-refractivity contribution < 1.29 is 4.79 Å². The Morgan fingerprint density at radius 2 is 1.71 bits per heavy atom. The Labute approximate surface area is 198 Å². The minimum absolute atomic E-state index is 0.00840. The Hall–Kier alpha value is -1.66. The predicted molar refractivity (Wildman–Crippen MR) is 135 cm³/mol. The van der Waals surface area contributed by atoms with Crippen molar-refractivity contribution in [3.8, 4) is 0 Å². The second kappa shape index (κ2) is 9.86. The van der Waals surface area contributed by atoms with Crippen molar-refractivity contribution in [3.63, 3.8) is 0 Å². The Bertz CT molecular complexity index is 987. The molecule has 0 bridgehead atoms. The third kappa shape index (κ3) is 5.06. The molecule has 2 aliphatic heterocycles. The number of carbonyl (C=O) groups is 1. The van der Waals surface area contributed by atoms with Gasteiger partial charge < -0.3 is 9.80 Å². The van der Waals surface area contributed by atoms with Gasteiger partial charge >= 0.3 is 0 Å². The highest BCUT2D eigenvalue weighted by atomic mass is 35.5. The lowest BCUT2D eigenvalue weighted by Crippen LogP contribution is -2.49. The summed E-state index contributed by atoms with van der Waals surface area (Å²) >= 11 is 13.9. The number of thioether (sulfide) groups is 1. The molecular weight excluding hydrogens is 449 g/mol. The quantitative estimate of drug-likeness (QED) is 0.534. The van der Waals surface area contributed by atoms with Crippen LogP contribution in [0, 0.1) is 0 Å². The van der Waals surface area contributed by atoms with E-state index in [1.165, 1.54) is 5.69 Å². The number of halogens is 2. The number of amides is 1. The summed E-state index contributed by atoms with van der Waals surface area (Å²) in [6, 6.07) is 14.3. The van der Waals surface area contributed by atoms with Gasteiger partial charge in [-0.05, 0) is 49.8 Å². The Morgan fingerprint density at radius 1 is 0.968 bits per heavy atom. The topological polar surface area (TPSA) is 26.8 Å². The summed E-state index contributed by atoms with van der Waals surface area (Å²) < 4.78 is 0. The SMILES string of the molecule is CC(C)N1CCN(c2ccccc2C=C2SCCN(c3ccc(Cl)c(Cl)c3)C2=O)CC1. The second-order valence-electron chi connectivity index (χ2n) is 8.09. The van der Waals surface area contributed by atoms with Crippen LogP contribution in [0.1, 0.15) is 19.4 Å². The van der Waals surface area contributed by atoms with Gasteiger partial charge in [-0.25, -0.2) is 0 Å². The predicted octanol–water partition coefficient (Wildman–Crippen LogP) is 5.64. The summed E-state index contributed by atoms with van der Waals surface area (Å²) in [7, 11) is 0. The molecule has 0 atom stereocenters. The van der Waals surface area contributed by atoms with Crippen molar-refractivity contribution in [1.82, 2.24) is 4.90 Å². The molecule has 2 heterocycles. The highest BCUT2D eigenvalue weighted by Gasteiger charge is 2.26. The van der Waals surface area contributed by atoms with Crippen LogP contribution in [0.2, 0.25) is 10.0 Å². The van der Waals surface area contributed by atoms with E-state index in [1.807, 2.05) is 18.2 Å². The molecule has 2 aromatic rings. The Kier molecular flexibility index (Phi) is 7.17. The molecule has 0 saturated carbocycles. The average molecular weight is 476 g/mol. The molecular formula is C24H27Cl2N3OS. The van der Waals surface area contributed by atoms with Crippen LogP contribution in [-0.4, -0.2) is 55.3 Å². The van der Waals surface area contributed by atoms with Crippen LogP contribution >= 0.6 is 35.0 Å². The maximum absolute atomic E-state index is 13.3. The van der Waals surface area contributed by atoms with Crippen LogP contribution in [0.4, 0.5) is 11.4 Å². The molecule has 0 N–H and O–H groups in total. The zero-order chi connectivity index (χ0) is 22.0. The van der Waals surface area contributed by atoms with Gasteiger partial charge in [-0.1, -0.05) is 41.4 Å². The van der Waals surface area contributed by atoms with E-state index in [0.29, 0.717) is 22.6 Å². The van der Waals surface area contributed by atoms with Gasteiger partial charge in [0.15, 0.2) is 0 Å². The summed E-state index contributed by atoms with van der Waals surface area (Å²) in [4.78, 5) is 20.8. The number of carbonyl (C=O) groups excluding carboxylic acids is 1. The highest BCUT2D eigenvalue weighted by Crippen LogP contribution is 2.34. The van der Waals surface area contributed by atoms with Crippen molar-refractivity contribution in [1.29, 1.82) is 0 Å². The van der Waals surface area contributed by atoms with E-state index in [2.05, 4.69) is 41.8 Å². The molecule has 164 valence electrons. The fourth-order valence-electron chi connectivity index (χ4n) is 4.06. The summed E-state index contributed by atoms with van der Waals surface area (Å²) in [5.74, 6) is 0.849. The minimum atomic E-state index is 0.00840. The fraction of sp³-hybridized carbons (Fsp3) is 0.375. The summed E-state index contributed by atoms with van der Waals surface area (Å²) in [6.45, 7) is 9.25. The summed E-state index contributed by atoms with van der Waals surface area (Å²) in [5.41, 5.74) is 3.06. The summed E-state index contributed by atoms with van der Waals surface area (Å²) in [6.07, 6.45) is 2.04. The molecule has 31 heavy (non-hydrogen) atoms. The van der Waals surface area contributed by atoms with Gasteiger partial charge in [0.25, 0.3) is 5.91 Å². The first-order valence-corrected chi connectivity index (χ1v) is 12.4. The molecule has 0 radical (unpaired) electrons. The minimum Gasteiger partial charge on any atom is -0.368 e. The van der Waals surface area contributed by atoms with E-state index in [-0.39, 0.29) is 5.91 Å². The van der Waals surface area contributed by atoms with E-state index in [9.17, 15) is 4.79 Å². The monoisotopic (exact) mass is 475 g/mol. The Morgan fingerprint density at radius 3 is 2.42 bits per heavy atom. The number of para-hydroxylation sites is 1. The normalized spacial score (nSPS) is 19.5. The van der Waals surface area contributed by atoms with Gasteiger partial charge in [-0.2, -0.15) is 0 Å². The van der Waals surface area contributed by atoms with Crippen LogP contribution in [0.15, 0.2) is 47.4 Å². The van der Waals surface area contributed by atoms with E-state index in [1.54, 1.807) is 28.8 Å². The van der Waals surface area contributed by atoms with Gasteiger partial charge in [-0.15, -0.1) is 11.8 Å². The number of benzene rings is 2. The third-order valence-corrected chi connectivity index (χ3v) is 7.58. The van der Waals surface area contributed by atoms with Crippen molar-refractivity contribution in [2.45, 2.75) is 19.9 Å². The lowest BCUT2D eigenvalue weighted by molar-refractivity contribution is -0.114. The van der Waals surface area contributed by atoms with E-state index >= 15 is 0 Å². The smallest absolute Gasteiger partial charge is 0.264 e. The Balaban J connectivity index is 1.57. The fourth-order valence-corrected chi connectivity index (χ4v) is 5.29. The molecule has 2 fully saturated rings. The lowest BCUT2D eigenvalue weighted by Gasteiger charge is -2.38. The molecule has 2 aliphatic rings. The van der Waals surface area contributed by atoms with Crippen molar-refractivity contribution in [2.75, 3.05) is 48.3 Å². The number of hydrogen-bond donors (Lipinski definition) is 0. The van der Waals surface area contributed by atoms with Crippen LogP contribution in [0.3, 0.4) is 0 Å². The highest BCUT2D eigenvalue weighted by molar-refractivity contribution is 8.04. The second-order valence-corrected chi connectivity index (χ2v) is 10.0. The molecule has 2 saturated heterocycles. The average Bonchev–Trinajstić information content (AvgIpc) is 2.78. The maximum Gasteiger partial charge on any atom is 0.264 e. The molecule has 0 aliphatic carbocycles. The van der Waals surface area contributed by atoms with Gasteiger partial charge in [0.1, 0.15) is 0 Å². The third-order valence-electron chi connectivity index (χ3n) is 5.85. The molecule has 4 nitrogen and oxygen atoms in total. The number of hydrogen-bond acceptors (Lipinski definition) is 4. The van der Waals surface area contributed by atoms with Crippen LogP contribution in [0.5, 0.6) is 0 Å². The first-order chi connectivity index (χ1) is 14.9. The van der Waals surface area contributed by atoms with Gasteiger partial charge in [-0.3, -0.25) is 9.69 Å². The first-order valence-electron chi connectivity index (χ1n) is 10.6. The van der Waals surface area contributed by atoms with Crippen LogP contribution < -0.4 is 9.80 Å². The van der Waals surface area contributed by atoms with E-state index in [0.717, 1.165) is 48.1 Å². The zero-order valence-corrected chi connectivity index (χ0v) is 20.2. The van der Waals surface area contributed by atoms with Gasteiger partial charge in [0.05, 0.1) is 15.0 Å². The van der Waals surface area contributed by atoms with Crippen molar-refractivity contribution in [2.24, 2.45) is 0 Å². The maximum atomic E-state index is 13.3. The molecule has 4 rings (SSSR count). The molecule has 0 aromatic heterocycles. The van der Waals surface area contributed by atoms with Crippen molar-refractivity contribution >= 4 is 58.3 Å². The zero-order valence-electron chi connectivity index (χ0n) is 17.9.